The number of rotatable bonds is 6. The molecule has 0 saturated carbocycles. The van der Waals surface area contributed by atoms with Gasteiger partial charge in [-0.3, -0.25) is 0 Å². The maximum absolute atomic E-state index is 9.81. The van der Waals surface area contributed by atoms with Crippen molar-refractivity contribution < 1.29 is 5.11 Å². The van der Waals surface area contributed by atoms with Crippen molar-refractivity contribution in [2.45, 2.75) is 63.4 Å². The molecule has 2 N–H and O–H groups in total. The molecule has 0 heterocycles. The summed E-state index contributed by atoms with van der Waals surface area (Å²) in [5.74, 6) is 1.48. The fourth-order valence-electron chi connectivity index (χ4n) is 4.10. The summed E-state index contributed by atoms with van der Waals surface area (Å²) in [6.07, 6.45) is 7.08. The summed E-state index contributed by atoms with van der Waals surface area (Å²) in [7, 11) is 0. The van der Waals surface area contributed by atoms with Gasteiger partial charge in [0.15, 0.2) is 0 Å². The lowest BCUT2D eigenvalue weighted by molar-refractivity contribution is 0.160. The quantitative estimate of drug-likeness (QED) is 0.838. The van der Waals surface area contributed by atoms with Gasteiger partial charge in [-0.05, 0) is 60.6 Å². The Morgan fingerprint density at radius 3 is 2.95 bits per heavy atom. The number of hydrogen-bond acceptors (Lipinski definition) is 2. The van der Waals surface area contributed by atoms with Crippen LogP contribution in [-0.2, 0) is 6.42 Å². The van der Waals surface area contributed by atoms with Gasteiger partial charge < -0.3 is 10.4 Å². The molecule has 3 atom stereocenters. The van der Waals surface area contributed by atoms with Crippen LogP contribution >= 0.6 is 12.4 Å². The van der Waals surface area contributed by atoms with E-state index in [4.69, 9.17) is 0 Å². The Labute approximate surface area is 134 Å². The molecule has 3 unspecified atom stereocenters. The predicted molar refractivity (Wildman–Crippen MR) is 90.5 cm³/mol. The highest BCUT2D eigenvalue weighted by molar-refractivity contribution is 5.85. The Balaban J connectivity index is 0.00000161. The molecule has 2 nitrogen and oxygen atoms in total. The molecular weight excluding hydrogens is 282 g/mol. The van der Waals surface area contributed by atoms with E-state index in [1.807, 2.05) is 0 Å². The number of aliphatic hydroxyl groups excluding tert-OH is 1. The molecule has 21 heavy (non-hydrogen) atoms. The van der Waals surface area contributed by atoms with E-state index in [-0.39, 0.29) is 18.5 Å². The van der Waals surface area contributed by atoms with Crippen LogP contribution in [0.1, 0.15) is 67.6 Å². The highest BCUT2D eigenvalue weighted by Crippen LogP contribution is 2.46. The predicted octanol–water partition coefficient (Wildman–Crippen LogP) is 3.77. The van der Waals surface area contributed by atoms with Crippen molar-refractivity contribution in [2.24, 2.45) is 0 Å². The smallest absolute Gasteiger partial charge is 0.0664 e. The van der Waals surface area contributed by atoms with Crippen LogP contribution in [0.5, 0.6) is 0 Å². The Kier molecular flexibility index (Phi) is 6.09. The van der Waals surface area contributed by atoms with E-state index in [9.17, 15) is 5.11 Å². The third-order valence-electron chi connectivity index (χ3n) is 5.10. The van der Waals surface area contributed by atoms with Gasteiger partial charge in [0.25, 0.3) is 0 Å². The van der Waals surface area contributed by atoms with E-state index in [2.05, 4.69) is 30.4 Å². The van der Waals surface area contributed by atoms with Crippen molar-refractivity contribution >= 4 is 12.4 Å². The molecule has 2 aliphatic carbocycles. The zero-order chi connectivity index (χ0) is 13.9. The first kappa shape index (κ1) is 16.8. The second-order valence-corrected chi connectivity index (χ2v) is 6.53. The SMILES string of the molecule is CCCC(O)CNCC1CCC2CCc3cccc1c32.Cl. The van der Waals surface area contributed by atoms with Crippen LogP contribution in [0.4, 0.5) is 0 Å². The molecule has 3 rings (SSSR count). The van der Waals surface area contributed by atoms with Crippen molar-refractivity contribution in [3.05, 3.63) is 34.9 Å². The monoisotopic (exact) mass is 309 g/mol. The van der Waals surface area contributed by atoms with E-state index in [0.29, 0.717) is 5.92 Å². The minimum absolute atomic E-state index is 0. The number of nitrogens with one attached hydrogen (secondary N) is 1. The van der Waals surface area contributed by atoms with Gasteiger partial charge in [0.05, 0.1) is 6.10 Å². The Hall–Kier alpha value is -0.570. The van der Waals surface area contributed by atoms with E-state index in [1.54, 1.807) is 16.7 Å². The van der Waals surface area contributed by atoms with Gasteiger partial charge in [-0.2, -0.15) is 0 Å². The van der Waals surface area contributed by atoms with Crippen LogP contribution in [0.2, 0.25) is 0 Å². The standard InChI is InChI=1S/C18H27NO.ClH/c1-2-4-16(20)12-19-11-15-10-9-14-8-7-13-5-3-6-17(15)18(13)14;/h3,5-6,14-16,19-20H,2,4,7-12H2,1H3;1H. The highest BCUT2D eigenvalue weighted by atomic mass is 35.5. The first-order valence-electron chi connectivity index (χ1n) is 8.30. The Bertz CT molecular complexity index is 463. The van der Waals surface area contributed by atoms with E-state index in [1.165, 1.54) is 25.7 Å². The third-order valence-corrected chi connectivity index (χ3v) is 5.10. The van der Waals surface area contributed by atoms with Crippen LogP contribution in [0, 0.1) is 0 Å². The van der Waals surface area contributed by atoms with Crippen molar-refractivity contribution in [3.8, 4) is 0 Å². The van der Waals surface area contributed by atoms with Gasteiger partial charge in [0.1, 0.15) is 0 Å². The molecule has 0 spiro atoms. The van der Waals surface area contributed by atoms with Crippen LogP contribution in [0.3, 0.4) is 0 Å². The minimum atomic E-state index is -0.183. The van der Waals surface area contributed by atoms with Crippen molar-refractivity contribution in [2.75, 3.05) is 13.1 Å². The van der Waals surface area contributed by atoms with Crippen LogP contribution in [0.15, 0.2) is 18.2 Å². The summed E-state index contributed by atoms with van der Waals surface area (Å²) in [6, 6.07) is 6.89. The number of halogens is 1. The number of hydrogen-bond donors (Lipinski definition) is 2. The highest BCUT2D eigenvalue weighted by Gasteiger charge is 2.32. The molecule has 0 aliphatic heterocycles. The molecule has 0 radical (unpaired) electrons. The first-order chi connectivity index (χ1) is 9.79. The molecule has 0 fully saturated rings. The van der Waals surface area contributed by atoms with Gasteiger partial charge >= 0.3 is 0 Å². The van der Waals surface area contributed by atoms with Gasteiger partial charge in [-0.1, -0.05) is 31.5 Å². The maximum Gasteiger partial charge on any atom is 0.0664 e. The van der Waals surface area contributed by atoms with E-state index in [0.717, 1.165) is 31.8 Å². The summed E-state index contributed by atoms with van der Waals surface area (Å²) in [6.45, 7) is 3.88. The summed E-state index contributed by atoms with van der Waals surface area (Å²) >= 11 is 0. The second-order valence-electron chi connectivity index (χ2n) is 6.53. The lowest BCUT2D eigenvalue weighted by Gasteiger charge is -2.30. The second kappa shape index (κ2) is 7.62. The fourth-order valence-corrected chi connectivity index (χ4v) is 4.10. The lowest BCUT2D eigenvalue weighted by Crippen LogP contribution is -2.31. The summed E-state index contributed by atoms with van der Waals surface area (Å²) in [4.78, 5) is 0. The third kappa shape index (κ3) is 3.61. The average Bonchev–Trinajstić information content (AvgIpc) is 2.87. The molecule has 0 saturated heterocycles. The number of aliphatic hydroxyl groups is 1. The molecule has 2 aliphatic rings. The van der Waals surface area contributed by atoms with E-state index >= 15 is 0 Å². The zero-order valence-corrected chi connectivity index (χ0v) is 13.8. The summed E-state index contributed by atoms with van der Waals surface area (Å²) in [5.41, 5.74) is 4.87. The van der Waals surface area contributed by atoms with Crippen LogP contribution < -0.4 is 5.32 Å². The van der Waals surface area contributed by atoms with Gasteiger partial charge in [-0.25, -0.2) is 0 Å². The number of aryl methyl sites for hydroxylation is 1. The summed E-state index contributed by atoms with van der Waals surface area (Å²) in [5, 5.41) is 13.3. The fraction of sp³-hybridized carbons (Fsp3) is 0.667. The maximum atomic E-state index is 9.81. The summed E-state index contributed by atoms with van der Waals surface area (Å²) < 4.78 is 0. The molecule has 1 aromatic carbocycles. The molecule has 0 aromatic heterocycles. The van der Waals surface area contributed by atoms with Crippen molar-refractivity contribution in [1.29, 1.82) is 0 Å². The van der Waals surface area contributed by atoms with Gasteiger partial charge in [-0.15, -0.1) is 12.4 Å². The topological polar surface area (TPSA) is 32.3 Å². The van der Waals surface area contributed by atoms with Gasteiger partial charge in [0.2, 0.25) is 0 Å². The van der Waals surface area contributed by atoms with Crippen LogP contribution in [0.25, 0.3) is 0 Å². The molecule has 118 valence electrons. The van der Waals surface area contributed by atoms with Crippen LogP contribution in [-0.4, -0.2) is 24.3 Å². The molecular formula is C18H28ClNO. The normalized spacial score (nSPS) is 24.3. The van der Waals surface area contributed by atoms with Crippen molar-refractivity contribution in [1.82, 2.24) is 5.32 Å². The Morgan fingerprint density at radius 2 is 2.14 bits per heavy atom. The zero-order valence-electron chi connectivity index (χ0n) is 13.0. The average molecular weight is 310 g/mol. The molecule has 1 aromatic rings. The number of benzene rings is 1. The van der Waals surface area contributed by atoms with E-state index < -0.39 is 0 Å². The first-order valence-corrected chi connectivity index (χ1v) is 8.30. The molecule has 0 bridgehead atoms. The van der Waals surface area contributed by atoms with Gasteiger partial charge in [0, 0.05) is 13.1 Å². The minimum Gasteiger partial charge on any atom is -0.392 e. The Morgan fingerprint density at radius 1 is 1.29 bits per heavy atom. The lowest BCUT2D eigenvalue weighted by atomic mass is 9.77. The molecule has 3 heteroatoms. The largest absolute Gasteiger partial charge is 0.392 e. The molecule has 0 amide bonds. The van der Waals surface area contributed by atoms with Crippen molar-refractivity contribution in [3.63, 3.8) is 0 Å².